The molecular weight excluding hydrogens is 320 g/mol. The number of carbonyl (C=O) groups is 1. The molecule has 0 saturated carbocycles. The van der Waals surface area contributed by atoms with Crippen molar-refractivity contribution in [2.24, 2.45) is 0 Å². The minimum atomic E-state index is -4.08. The Morgan fingerprint density at radius 3 is 2.22 bits per heavy atom. The molecule has 2 aromatic rings. The topological polar surface area (TPSA) is 106 Å². The summed E-state index contributed by atoms with van der Waals surface area (Å²) >= 11 is 0. The van der Waals surface area contributed by atoms with Crippen molar-refractivity contribution >= 4 is 27.7 Å². The van der Waals surface area contributed by atoms with Crippen LogP contribution in [0.4, 0.5) is 5.69 Å². The van der Waals surface area contributed by atoms with Crippen molar-refractivity contribution in [3.05, 3.63) is 76.4 Å². The second-order valence-corrected chi connectivity index (χ2v) is 6.15. The largest absolute Gasteiger partial charge is 0.269 e. The van der Waals surface area contributed by atoms with E-state index in [1.165, 1.54) is 6.08 Å². The first-order valence-electron chi connectivity index (χ1n) is 6.43. The van der Waals surface area contributed by atoms with Gasteiger partial charge in [-0.1, -0.05) is 30.3 Å². The summed E-state index contributed by atoms with van der Waals surface area (Å²) < 4.78 is 25.9. The standard InChI is InChI=1S/C15H12N2O5S/c18-15(11-6-12-4-2-1-3-5-12)16-23(21,22)14-9-7-13(8-10-14)17(19)20/h1-11H,(H,16,18)/b11-6+. The fraction of sp³-hybridized carbons (Fsp3) is 0. The molecule has 0 radical (unpaired) electrons. The number of nitrogens with zero attached hydrogens (tertiary/aromatic N) is 1. The number of nitro benzene ring substituents is 1. The Bertz CT molecular complexity index is 843. The van der Waals surface area contributed by atoms with Crippen LogP contribution in [0.15, 0.2) is 65.6 Å². The molecule has 0 spiro atoms. The maximum Gasteiger partial charge on any atom is 0.269 e. The summed E-state index contributed by atoms with van der Waals surface area (Å²) in [7, 11) is -4.08. The molecule has 0 atom stereocenters. The lowest BCUT2D eigenvalue weighted by atomic mass is 10.2. The molecule has 0 saturated heterocycles. The minimum absolute atomic E-state index is 0.232. The predicted molar refractivity (Wildman–Crippen MR) is 83.9 cm³/mol. The quantitative estimate of drug-likeness (QED) is 0.513. The Morgan fingerprint density at radius 1 is 1.04 bits per heavy atom. The Morgan fingerprint density at radius 2 is 1.65 bits per heavy atom. The molecule has 0 aliphatic rings. The SMILES string of the molecule is O=C(/C=C/c1ccccc1)NS(=O)(=O)c1ccc([N+](=O)[O-])cc1. The van der Waals surface area contributed by atoms with Crippen LogP contribution in [0, 0.1) is 10.1 Å². The van der Waals surface area contributed by atoms with Crippen molar-refractivity contribution in [1.29, 1.82) is 0 Å². The van der Waals surface area contributed by atoms with Crippen LogP contribution in [-0.2, 0) is 14.8 Å². The highest BCUT2D eigenvalue weighted by Gasteiger charge is 2.17. The summed E-state index contributed by atoms with van der Waals surface area (Å²) in [5, 5.41) is 10.5. The van der Waals surface area contributed by atoms with E-state index < -0.39 is 20.9 Å². The summed E-state index contributed by atoms with van der Waals surface area (Å²) in [6.45, 7) is 0. The second kappa shape index (κ2) is 6.84. The third kappa shape index (κ3) is 4.48. The lowest BCUT2D eigenvalue weighted by Crippen LogP contribution is -2.28. The van der Waals surface area contributed by atoms with E-state index in [0.717, 1.165) is 35.9 Å². The predicted octanol–water partition coefficient (Wildman–Crippen LogP) is 2.11. The molecule has 0 aromatic heterocycles. The van der Waals surface area contributed by atoms with E-state index >= 15 is 0 Å². The molecule has 23 heavy (non-hydrogen) atoms. The van der Waals surface area contributed by atoms with Crippen molar-refractivity contribution in [1.82, 2.24) is 4.72 Å². The minimum Gasteiger partial charge on any atom is -0.269 e. The smallest absolute Gasteiger partial charge is 0.269 e. The molecule has 118 valence electrons. The average molecular weight is 332 g/mol. The van der Waals surface area contributed by atoms with Gasteiger partial charge in [0.1, 0.15) is 0 Å². The summed E-state index contributed by atoms with van der Waals surface area (Å²) in [5.41, 5.74) is 0.509. The second-order valence-electron chi connectivity index (χ2n) is 4.46. The van der Waals surface area contributed by atoms with Crippen LogP contribution in [0.2, 0.25) is 0 Å². The molecule has 0 fully saturated rings. The third-order valence-corrected chi connectivity index (χ3v) is 4.18. The molecule has 8 heteroatoms. The molecule has 0 aliphatic heterocycles. The average Bonchev–Trinajstić information content (AvgIpc) is 2.53. The summed E-state index contributed by atoms with van der Waals surface area (Å²) in [4.78, 5) is 21.4. The van der Waals surface area contributed by atoms with Gasteiger partial charge in [-0.25, -0.2) is 13.1 Å². The highest BCUT2D eigenvalue weighted by atomic mass is 32.2. The molecule has 0 unspecified atom stereocenters. The Kier molecular flexibility index (Phi) is 4.87. The van der Waals surface area contributed by atoms with Crippen molar-refractivity contribution in [3.8, 4) is 0 Å². The van der Waals surface area contributed by atoms with Gasteiger partial charge in [0.05, 0.1) is 9.82 Å². The number of hydrogen-bond acceptors (Lipinski definition) is 5. The fourth-order valence-electron chi connectivity index (χ4n) is 1.71. The Balaban J connectivity index is 2.10. The number of hydrogen-bond donors (Lipinski definition) is 1. The van der Waals surface area contributed by atoms with Crippen LogP contribution in [0.3, 0.4) is 0 Å². The molecule has 0 aliphatic carbocycles. The van der Waals surface area contributed by atoms with Crippen molar-refractivity contribution in [2.75, 3.05) is 0 Å². The number of benzene rings is 2. The number of rotatable bonds is 5. The third-order valence-electron chi connectivity index (χ3n) is 2.82. The van der Waals surface area contributed by atoms with Gasteiger partial charge in [0.25, 0.3) is 21.6 Å². The van der Waals surface area contributed by atoms with Gasteiger partial charge < -0.3 is 0 Å². The zero-order valence-electron chi connectivity index (χ0n) is 11.7. The van der Waals surface area contributed by atoms with Crippen LogP contribution < -0.4 is 4.72 Å². The van der Waals surface area contributed by atoms with Gasteiger partial charge in [-0.2, -0.15) is 0 Å². The number of carbonyl (C=O) groups excluding carboxylic acids is 1. The lowest BCUT2D eigenvalue weighted by molar-refractivity contribution is -0.384. The number of nitrogens with one attached hydrogen (secondary N) is 1. The Hall–Kier alpha value is -3.00. The van der Waals surface area contributed by atoms with E-state index in [4.69, 9.17) is 0 Å². The fourth-order valence-corrected chi connectivity index (χ4v) is 2.65. The van der Waals surface area contributed by atoms with E-state index in [1.807, 2.05) is 10.8 Å². The van der Waals surface area contributed by atoms with Gasteiger partial charge in [0.15, 0.2) is 0 Å². The van der Waals surface area contributed by atoms with Gasteiger partial charge in [-0.15, -0.1) is 0 Å². The highest BCUT2D eigenvalue weighted by molar-refractivity contribution is 7.90. The molecular formula is C15H12N2O5S. The van der Waals surface area contributed by atoms with Crippen molar-refractivity contribution in [3.63, 3.8) is 0 Å². The number of nitro groups is 1. The zero-order valence-corrected chi connectivity index (χ0v) is 12.6. The lowest BCUT2D eigenvalue weighted by Gasteiger charge is -2.04. The van der Waals surface area contributed by atoms with Gasteiger partial charge in [0, 0.05) is 18.2 Å². The first kappa shape index (κ1) is 16.4. The van der Waals surface area contributed by atoms with E-state index in [0.29, 0.717) is 0 Å². The van der Waals surface area contributed by atoms with Crippen LogP contribution in [0.25, 0.3) is 6.08 Å². The first-order valence-corrected chi connectivity index (χ1v) is 7.91. The molecule has 2 rings (SSSR count). The van der Waals surface area contributed by atoms with E-state index in [-0.39, 0.29) is 10.6 Å². The highest BCUT2D eigenvalue weighted by Crippen LogP contribution is 2.15. The molecule has 0 bridgehead atoms. The molecule has 7 nitrogen and oxygen atoms in total. The monoisotopic (exact) mass is 332 g/mol. The van der Waals surface area contributed by atoms with Crippen LogP contribution in [0.5, 0.6) is 0 Å². The molecule has 0 heterocycles. The summed E-state index contributed by atoms with van der Waals surface area (Å²) in [6.07, 6.45) is 2.57. The number of sulfonamides is 1. The Labute approximate surface area is 132 Å². The number of amides is 1. The van der Waals surface area contributed by atoms with Gasteiger partial charge in [0.2, 0.25) is 0 Å². The van der Waals surface area contributed by atoms with E-state index in [2.05, 4.69) is 0 Å². The van der Waals surface area contributed by atoms with Crippen LogP contribution >= 0.6 is 0 Å². The molecule has 1 amide bonds. The van der Waals surface area contributed by atoms with Gasteiger partial charge in [-0.05, 0) is 23.8 Å². The molecule has 2 aromatic carbocycles. The molecule has 1 N–H and O–H groups in total. The number of non-ortho nitro benzene ring substituents is 1. The van der Waals surface area contributed by atoms with Gasteiger partial charge in [-0.3, -0.25) is 14.9 Å². The van der Waals surface area contributed by atoms with E-state index in [1.54, 1.807) is 24.3 Å². The maximum absolute atomic E-state index is 12.0. The zero-order chi connectivity index (χ0) is 16.9. The summed E-state index contributed by atoms with van der Waals surface area (Å²) in [5.74, 6) is -0.813. The van der Waals surface area contributed by atoms with Gasteiger partial charge >= 0.3 is 0 Å². The first-order chi connectivity index (χ1) is 10.9. The summed E-state index contributed by atoms with van der Waals surface area (Å²) in [6, 6.07) is 13.1. The maximum atomic E-state index is 12.0. The van der Waals surface area contributed by atoms with Crippen molar-refractivity contribution < 1.29 is 18.1 Å². The van der Waals surface area contributed by atoms with Crippen molar-refractivity contribution in [2.45, 2.75) is 4.90 Å². The van der Waals surface area contributed by atoms with Crippen LogP contribution in [0.1, 0.15) is 5.56 Å². The van der Waals surface area contributed by atoms with E-state index in [9.17, 15) is 23.3 Å². The normalized spacial score (nSPS) is 11.3. The van der Waals surface area contributed by atoms with Crippen LogP contribution in [-0.4, -0.2) is 19.2 Å².